The molecule has 2 rings (SSSR count). The van der Waals surface area contributed by atoms with Crippen molar-refractivity contribution in [2.75, 3.05) is 13.8 Å². The molecule has 4 nitrogen and oxygen atoms in total. The molecule has 1 aromatic heterocycles. The van der Waals surface area contributed by atoms with E-state index in [0.717, 1.165) is 30.6 Å². The molecule has 0 aliphatic rings. The van der Waals surface area contributed by atoms with E-state index < -0.39 is 0 Å². The normalized spacial score (nSPS) is 9.56. The Bertz CT molecular complexity index is 668. The second kappa shape index (κ2) is 13.8. The van der Waals surface area contributed by atoms with Gasteiger partial charge in [-0.3, -0.25) is 13.4 Å². The largest absolute Gasteiger partial charge is 2.00 e. The first kappa shape index (κ1) is 29.4. The van der Waals surface area contributed by atoms with Crippen LogP contribution in [0.5, 0.6) is 5.75 Å². The van der Waals surface area contributed by atoms with E-state index in [-0.39, 0.29) is 58.4 Å². The number of nitrogens with zero attached hydrogens (tertiary/aromatic N) is 1. The average Bonchev–Trinajstić information content (AvgIpc) is 2.84. The van der Waals surface area contributed by atoms with Crippen molar-refractivity contribution in [1.82, 2.24) is 4.57 Å². The summed E-state index contributed by atoms with van der Waals surface area (Å²) >= 11 is 0. The van der Waals surface area contributed by atoms with E-state index >= 15 is 0 Å². The molecule has 0 saturated heterocycles. The maximum Gasteiger partial charge on any atom is 2.00 e. The maximum absolute atomic E-state index is 11.9. The van der Waals surface area contributed by atoms with Crippen molar-refractivity contribution < 1.29 is 45.8 Å². The topological polar surface area (TPSA) is 51.5 Å². The van der Waals surface area contributed by atoms with Crippen molar-refractivity contribution in [3.05, 3.63) is 35.6 Å². The third kappa shape index (κ3) is 6.40. The van der Waals surface area contributed by atoms with Crippen LogP contribution in [0.3, 0.4) is 0 Å². The first-order chi connectivity index (χ1) is 10.5. The maximum atomic E-state index is 11.9. The Morgan fingerprint density at radius 1 is 1.44 bits per heavy atom. The van der Waals surface area contributed by atoms with Gasteiger partial charge in [-0.1, -0.05) is 52.5 Å². The van der Waals surface area contributed by atoms with Crippen molar-refractivity contribution in [3.8, 4) is 5.75 Å². The monoisotopic (exact) mass is 591 g/mol. The summed E-state index contributed by atoms with van der Waals surface area (Å²) in [6.07, 6.45) is 0.465. The molecule has 1 heterocycles. The Kier molecular flexibility index (Phi) is 16.3. The van der Waals surface area contributed by atoms with Gasteiger partial charge in [-0.25, -0.2) is 0 Å². The Balaban J connectivity index is -0.000000753. The minimum Gasteiger partial charge on any atom is -0.522 e. The Hall–Kier alpha value is -0.328. The van der Waals surface area contributed by atoms with Gasteiger partial charge >= 0.3 is 31.1 Å². The van der Waals surface area contributed by atoms with Gasteiger partial charge in [0.05, 0.1) is 12.8 Å². The number of rotatable bonds is 4. The first-order valence-electron chi connectivity index (χ1n) is 7.12. The van der Waals surface area contributed by atoms with Crippen LogP contribution >= 0.6 is 8.58 Å². The molecule has 1 N–H and O–H groups in total. The number of ketones is 1. The van der Waals surface area contributed by atoms with E-state index in [1.165, 1.54) is 0 Å². The number of carbonyl (C=O) groups is 1. The summed E-state index contributed by atoms with van der Waals surface area (Å²) in [5.74, 6) is 0.625. The molecule has 140 valence electrons. The standard InChI is InChI=1S/C15H18NO3.C2H6P.2CH4.U/c1-5-14(18)13-6-10-9(2)11(8-17)15(19-4)7-12(10)16(13)3;1-3-2;;;/h6,17H,5,8H2,1-4H3;3H,1H2,2H3;2*1H4;/q2*-1;;;+2. The molecule has 0 amide bonds. The minimum atomic E-state index is -0.104. The molecule has 6 heteroatoms. The number of ether oxygens (including phenoxy) is 1. The zero-order valence-corrected chi connectivity index (χ0v) is 19.6. The van der Waals surface area contributed by atoms with E-state index in [2.05, 4.69) is 12.7 Å². The molecule has 25 heavy (non-hydrogen) atoms. The number of fused-ring (bicyclic) bond motifs is 1. The van der Waals surface area contributed by atoms with Crippen molar-refractivity contribution in [2.24, 2.45) is 7.05 Å². The summed E-state index contributed by atoms with van der Waals surface area (Å²) in [5, 5.41) is 10.4. The van der Waals surface area contributed by atoms with Gasteiger partial charge in [-0.2, -0.15) is 0 Å². The van der Waals surface area contributed by atoms with E-state index in [1.807, 2.05) is 38.2 Å². The van der Waals surface area contributed by atoms with Crippen molar-refractivity contribution in [1.29, 1.82) is 0 Å². The predicted octanol–water partition coefficient (Wildman–Crippen LogP) is 4.74. The zero-order valence-electron chi connectivity index (χ0n) is 14.4. The number of methoxy groups -OCH3 is 1. The summed E-state index contributed by atoms with van der Waals surface area (Å²) in [6.45, 7) is 9.22. The first-order valence-corrected chi connectivity index (χ1v) is 8.83. The molecule has 0 aliphatic heterocycles. The van der Waals surface area contributed by atoms with Gasteiger partial charge in [0.15, 0.2) is 5.78 Å². The molecule has 0 radical (unpaired) electrons. The quantitative estimate of drug-likeness (QED) is 0.318. The molecule has 0 bridgehead atoms. The van der Waals surface area contributed by atoms with Crippen LogP contribution in [0.1, 0.15) is 49.8 Å². The Labute approximate surface area is 178 Å². The number of Topliss-reactive ketones (excluding diaryl/α,β-unsaturated/α-hetero) is 1. The van der Waals surface area contributed by atoms with Crippen LogP contribution in [0.2, 0.25) is 0 Å². The minimum absolute atomic E-state index is 0. The van der Waals surface area contributed by atoms with Gasteiger partial charge in [-0.15, -0.1) is 17.0 Å². The molecule has 0 fully saturated rings. The van der Waals surface area contributed by atoms with Crippen LogP contribution in [0.15, 0.2) is 6.07 Å². The van der Waals surface area contributed by atoms with Gasteiger partial charge in [0.1, 0.15) is 0 Å². The summed E-state index contributed by atoms with van der Waals surface area (Å²) in [6, 6.07) is 5.00. The van der Waals surface area contributed by atoms with E-state index in [0.29, 0.717) is 17.9 Å². The molecule has 0 spiro atoms. The van der Waals surface area contributed by atoms with E-state index in [9.17, 15) is 9.90 Å². The third-order valence-electron chi connectivity index (χ3n) is 3.56. The van der Waals surface area contributed by atoms with Crippen molar-refractivity contribution in [3.63, 3.8) is 0 Å². The fourth-order valence-electron chi connectivity index (χ4n) is 2.37. The summed E-state index contributed by atoms with van der Waals surface area (Å²) < 4.78 is 7.09. The second-order valence-corrected chi connectivity index (χ2v) is 5.61. The van der Waals surface area contributed by atoms with Crippen LogP contribution in [0, 0.1) is 50.8 Å². The number of benzene rings is 1. The predicted molar refractivity (Wildman–Crippen MR) is 107 cm³/mol. The summed E-state index contributed by atoms with van der Waals surface area (Å²) in [7, 11) is 4.23. The second-order valence-electron chi connectivity index (χ2n) is 4.90. The SMILES string of the molecule is C.C.CCC(=O)c1cc2c(C)c(CO)c(OC)[c-]c2n1C.[CH2-]PC.[U+2]. The fourth-order valence-corrected chi connectivity index (χ4v) is 2.37. The van der Waals surface area contributed by atoms with Gasteiger partial charge < -0.3 is 21.1 Å². The van der Waals surface area contributed by atoms with Gasteiger partial charge in [0.2, 0.25) is 0 Å². The van der Waals surface area contributed by atoms with E-state index in [4.69, 9.17) is 4.74 Å². The molecule has 2 aromatic rings. The molecule has 1 atom stereocenters. The van der Waals surface area contributed by atoms with Crippen LogP contribution in [-0.2, 0) is 13.7 Å². The number of hydrogen-bond acceptors (Lipinski definition) is 3. The average molecular weight is 591 g/mol. The number of carbonyl (C=O) groups excluding carboxylic acids is 1. The molecule has 0 saturated carbocycles. The zero-order chi connectivity index (χ0) is 16.9. The molecular formula is C19H32NO3PU. The third-order valence-corrected chi connectivity index (χ3v) is 3.56. The molecule has 1 unspecified atom stereocenters. The van der Waals surface area contributed by atoms with Gasteiger partial charge in [0, 0.05) is 25.8 Å². The van der Waals surface area contributed by atoms with Crippen LogP contribution in [0.4, 0.5) is 0 Å². The molecular weight excluding hydrogens is 559 g/mol. The van der Waals surface area contributed by atoms with Gasteiger partial charge in [0.25, 0.3) is 0 Å². The number of aliphatic hydroxyl groups excluding tert-OH is 1. The summed E-state index contributed by atoms with van der Waals surface area (Å²) in [5.41, 5.74) is 3.13. The number of aliphatic hydroxyl groups is 1. The van der Waals surface area contributed by atoms with Crippen LogP contribution in [0.25, 0.3) is 10.9 Å². The summed E-state index contributed by atoms with van der Waals surface area (Å²) in [4.78, 5) is 11.9. The van der Waals surface area contributed by atoms with Crippen LogP contribution in [-0.4, -0.2) is 29.2 Å². The van der Waals surface area contributed by atoms with E-state index in [1.54, 1.807) is 7.11 Å². The Morgan fingerprint density at radius 3 is 2.36 bits per heavy atom. The molecule has 0 aliphatic carbocycles. The Morgan fingerprint density at radius 2 is 1.96 bits per heavy atom. The number of aromatic nitrogens is 1. The van der Waals surface area contributed by atoms with Gasteiger partial charge in [-0.05, 0) is 0 Å². The van der Waals surface area contributed by atoms with Crippen molar-refractivity contribution in [2.45, 2.75) is 41.7 Å². The molecule has 1 aromatic carbocycles. The fraction of sp³-hybridized carbons (Fsp3) is 0.474. The number of aryl methyl sites for hydroxylation is 2. The van der Waals surface area contributed by atoms with Crippen molar-refractivity contribution >= 4 is 25.3 Å². The number of hydrogen-bond donors (Lipinski definition) is 1. The van der Waals surface area contributed by atoms with Crippen LogP contribution < -0.4 is 4.74 Å². The smallest absolute Gasteiger partial charge is 0.522 e.